The molecule has 0 aliphatic rings. The number of nitrogens with zero attached hydrogens (tertiary/aromatic N) is 4. The molecule has 212 valence electrons. The highest BCUT2D eigenvalue weighted by atomic mass is 32.2. The first-order valence-electron chi connectivity index (χ1n) is 12.1. The Morgan fingerprint density at radius 2 is 1.64 bits per heavy atom. The van der Waals surface area contributed by atoms with Crippen molar-refractivity contribution in [1.29, 1.82) is 0 Å². The van der Waals surface area contributed by atoms with Gasteiger partial charge in [0.15, 0.2) is 11.0 Å². The van der Waals surface area contributed by atoms with Crippen LogP contribution < -0.4 is 5.32 Å². The zero-order valence-electron chi connectivity index (χ0n) is 21.7. The van der Waals surface area contributed by atoms with Crippen LogP contribution in [0.4, 0.5) is 0 Å². The van der Waals surface area contributed by atoms with Gasteiger partial charge in [-0.3, -0.25) is 4.57 Å². The summed E-state index contributed by atoms with van der Waals surface area (Å²) in [5, 5.41) is 36.5. The summed E-state index contributed by atoms with van der Waals surface area (Å²) >= 11 is 1.57. The molecule has 4 N–H and O–H groups in total. The molecule has 12 nitrogen and oxygen atoms in total. The molecule has 3 rings (SSSR count). The van der Waals surface area contributed by atoms with Crippen LogP contribution in [0.5, 0.6) is 0 Å². The fourth-order valence-corrected chi connectivity index (χ4v) is 5.78. The first-order valence-corrected chi connectivity index (χ1v) is 14.6. The van der Waals surface area contributed by atoms with Gasteiger partial charge in [-0.1, -0.05) is 68.1 Å². The summed E-state index contributed by atoms with van der Waals surface area (Å²) in [6, 6.07) is 17.0. The minimum atomic E-state index is -3.58. The van der Waals surface area contributed by atoms with Gasteiger partial charge >= 0.3 is 11.9 Å². The van der Waals surface area contributed by atoms with Crippen LogP contribution in [0.2, 0.25) is 0 Å². The van der Waals surface area contributed by atoms with E-state index in [0.29, 0.717) is 37.6 Å². The van der Waals surface area contributed by atoms with Gasteiger partial charge in [-0.05, 0) is 17.7 Å². The first kappa shape index (κ1) is 31.9. The number of hydrogen-bond donors (Lipinski definition) is 4. The van der Waals surface area contributed by atoms with Crippen LogP contribution >= 0.6 is 11.8 Å². The summed E-state index contributed by atoms with van der Waals surface area (Å²) in [5.74, 6) is -2.25. The van der Waals surface area contributed by atoms with Crippen LogP contribution in [0.25, 0.3) is 11.4 Å². The Labute approximate surface area is 231 Å². The van der Waals surface area contributed by atoms with Crippen molar-refractivity contribution < 1.29 is 33.3 Å². The van der Waals surface area contributed by atoms with Crippen molar-refractivity contribution in [1.82, 2.24) is 24.4 Å². The molecule has 14 heteroatoms. The van der Waals surface area contributed by atoms with E-state index in [2.05, 4.69) is 15.5 Å². The van der Waals surface area contributed by atoms with Crippen LogP contribution in [-0.2, 0) is 26.2 Å². The summed E-state index contributed by atoms with van der Waals surface area (Å²) < 4.78 is 29.6. The lowest BCUT2D eigenvalue weighted by Gasteiger charge is -2.19. The fourth-order valence-electron chi connectivity index (χ4n) is 3.44. The predicted octanol–water partition coefficient (Wildman–Crippen LogP) is 1.85. The minimum Gasteiger partial charge on any atom is -0.473 e. The van der Waals surface area contributed by atoms with E-state index in [4.69, 9.17) is 24.9 Å². The van der Waals surface area contributed by atoms with Crippen molar-refractivity contribution in [3.05, 3.63) is 60.2 Å². The Morgan fingerprint density at radius 1 is 0.974 bits per heavy atom. The monoisotopic (exact) mass is 579 g/mol. The number of aliphatic carboxylic acids is 2. The van der Waals surface area contributed by atoms with Crippen LogP contribution in [0.15, 0.2) is 64.6 Å². The summed E-state index contributed by atoms with van der Waals surface area (Å²) in [6.07, 6.45) is 0. The van der Waals surface area contributed by atoms with Crippen LogP contribution in [0.3, 0.4) is 0 Å². The van der Waals surface area contributed by atoms with Crippen molar-refractivity contribution in [2.75, 3.05) is 38.5 Å². The number of aliphatic hydroxyl groups is 1. The van der Waals surface area contributed by atoms with Crippen molar-refractivity contribution in [3.8, 4) is 11.4 Å². The van der Waals surface area contributed by atoms with Crippen molar-refractivity contribution in [3.63, 3.8) is 0 Å². The lowest BCUT2D eigenvalue weighted by Crippen LogP contribution is -2.30. The van der Waals surface area contributed by atoms with E-state index < -0.39 is 22.0 Å². The SMILES string of the molecule is CCN(CC)S(=O)(=O)c1cccc(-c2nnc(SCCNCCO)n2Cc2ccccc2)c1.O=C(O)C(=O)O. The molecule has 0 saturated carbocycles. The Kier molecular flexibility index (Phi) is 13.1. The molecule has 3 aromatic rings. The molecule has 0 bridgehead atoms. The number of carbonyl (C=O) groups is 2. The second-order valence-electron chi connectivity index (χ2n) is 7.93. The fraction of sp³-hybridized carbons (Fsp3) is 0.360. The topological polar surface area (TPSA) is 175 Å². The van der Waals surface area contributed by atoms with E-state index in [1.165, 1.54) is 4.31 Å². The van der Waals surface area contributed by atoms with Crippen molar-refractivity contribution in [2.45, 2.75) is 30.4 Å². The number of benzene rings is 2. The molecule has 0 spiro atoms. The highest BCUT2D eigenvalue weighted by Gasteiger charge is 2.23. The lowest BCUT2D eigenvalue weighted by atomic mass is 10.2. The summed E-state index contributed by atoms with van der Waals surface area (Å²) in [7, 11) is -3.58. The number of hydrogen-bond acceptors (Lipinski definition) is 9. The van der Waals surface area contributed by atoms with E-state index in [9.17, 15) is 8.42 Å². The van der Waals surface area contributed by atoms with E-state index in [1.54, 1.807) is 30.0 Å². The van der Waals surface area contributed by atoms with E-state index in [1.807, 2.05) is 54.8 Å². The molecule has 39 heavy (non-hydrogen) atoms. The van der Waals surface area contributed by atoms with Gasteiger partial charge in [-0.15, -0.1) is 10.2 Å². The Bertz CT molecular complexity index is 1300. The molecule has 0 fully saturated rings. The van der Waals surface area contributed by atoms with Gasteiger partial charge in [-0.2, -0.15) is 4.31 Å². The quantitative estimate of drug-likeness (QED) is 0.132. The molecule has 0 atom stereocenters. The van der Waals surface area contributed by atoms with Gasteiger partial charge in [0, 0.05) is 37.5 Å². The molecule has 0 amide bonds. The first-order chi connectivity index (χ1) is 18.6. The number of carboxylic acids is 2. The van der Waals surface area contributed by atoms with Gasteiger partial charge in [0.25, 0.3) is 0 Å². The number of nitrogens with one attached hydrogen (secondary N) is 1. The van der Waals surface area contributed by atoms with E-state index in [-0.39, 0.29) is 11.5 Å². The van der Waals surface area contributed by atoms with E-state index >= 15 is 0 Å². The third-order valence-electron chi connectivity index (χ3n) is 5.32. The number of sulfonamides is 1. The molecule has 2 aromatic carbocycles. The maximum atomic E-state index is 13.0. The Morgan fingerprint density at radius 3 is 2.23 bits per heavy atom. The molecular formula is C25H33N5O7S2. The summed E-state index contributed by atoms with van der Waals surface area (Å²) in [4.78, 5) is 18.4. The predicted molar refractivity (Wildman–Crippen MR) is 147 cm³/mol. The Hall–Kier alpha value is -3.30. The second-order valence-corrected chi connectivity index (χ2v) is 10.9. The molecule has 0 saturated heterocycles. The number of rotatable bonds is 13. The van der Waals surface area contributed by atoms with E-state index in [0.717, 1.165) is 23.0 Å². The summed E-state index contributed by atoms with van der Waals surface area (Å²) in [6.45, 7) is 6.46. The zero-order chi connectivity index (χ0) is 28.8. The van der Waals surface area contributed by atoms with Gasteiger partial charge < -0.3 is 20.6 Å². The highest BCUT2D eigenvalue weighted by Crippen LogP contribution is 2.27. The van der Waals surface area contributed by atoms with Gasteiger partial charge in [0.2, 0.25) is 10.0 Å². The largest absolute Gasteiger partial charge is 0.473 e. The number of thioether (sulfide) groups is 1. The highest BCUT2D eigenvalue weighted by molar-refractivity contribution is 7.99. The molecule has 1 aromatic heterocycles. The van der Waals surface area contributed by atoms with Crippen molar-refractivity contribution in [2.24, 2.45) is 0 Å². The van der Waals surface area contributed by atoms with Gasteiger partial charge in [-0.25, -0.2) is 18.0 Å². The third-order valence-corrected chi connectivity index (χ3v) is 8.33. The molecule has 0 radical (unpaired) electrons. The number of carboxylic acid groups (broad SMARTS) is 2. The van der Waals surface area contributed by atoms with Gasteiger partial charge in [0.05, 0.1) is 18.0 Å². The third kappa shape index (κ3) is 9.44. The standard InChI is InChI=1S/C23H31N5O3S2.C2H2O4/c1-3-27(4-2)33(30,31)21-12-8-11-20(17-21)22-25-26-23(32-16-14-24-13-15-29)28(22)18-19-9-6-5-7-10-19;3-1(4)2(5)6/h5-12,17,24,29H,3-4,13-16,18H2,1-2H3;(H,3,4)(H,5,6). The minimum absolute atomic E-state index is 0.103. The number of aliphatic hydroxyl groups excluding tert-OH is 1. The average Bonchev–Trinajstić information content (AvgIpc) is 3.32. The summed E-state index contributed by atoms with van der Waals surface area (Å²) in [5.41, 5.74) is 1.81. The van der Waals surface area contributed by atoms with Gasteiger partial charge in [0.1, 0.15) is 0 Å². The zero-order valence-corrected chi connectivity index (χ0v) is 23.4. The molecule has 0 unspecified atom stereocenters. The number of aromatic nitrogens is 3. The maximum Gasteiger partial charge on any atom is 0.414 e. The Balaban J connectivity index is 0.000000798. The maximum absolute atomic E-state index is 13.0. The lowest BCUT2D eigenvalue weighted by molar-refractivity contribution is -0.159. The normalized spacial score (nSPS) is 11.2. The van der Waals surface area contributed by atoms with Crippen LogP contribution in [0, 0.1) is 0 Å². The molecule has 1 heterocycles. The molecular weight excluding hydrogens is 546 g/mol. The van der Waals surface area contributed by atoms with Crippen LogP contribution in [-0.4, -0.2) is 93.3 Å². The smallest absolute Gasteiger partial charge is 0.414 e. The molecule has 0 aliphatic heterocycles. The average molecular weight is 580 g/mol. The second kappa shape index (κ2) is 16.0. The van der Waals surface area contributed by atoms with Crippen molar-refractivity contribution >= 4 is 33.7 Å². The molecule has 0 aliphatic carbocycles. The van der Waals surface area contributed by atoms with Crippen LogP contribution in [0.1, 0.15) is 19.4 Å².